The van der Waals surface area contributed by atoms with Gasteiger partial charge in [-0.05, 0) is 49.2 Å². The summed E-state index contributed by atoms with van der Waals surface area (Å²) in [5.74, 6) is 0.552. The van der Waals surface area contributed by atoms with Crippen LogP contribution in [0.4, 0.5) is 16.0 Å². The fraction of sp³-hybridized carbons (Fsp3) is 0.273. The largest absolute Gasteiger partial charge is 0.342 e. The van der Waals surface area contributed by atoms with E-state index in [4.69, 9.17) is 4.98 Å². The maximum Gasteiger partial charge on any atom is 0.227 e. The highest BCUT2D eigenvalue weighted by molar-refractivity contribution is 5.92. The molecule has 0 aliphatic carbocycles. The highest BCUT2D eigenvalue weighted by atomic mass is 19.1. The van der Waals surface area contributed by atoms with Gasteiger partial charge in [-0.25, -0.2) is 9.37 Å². The molecule has 4 rings (SSSR count). The van der Waals surface area contributed by atoms with Gasteiger partial charge in [-0.2, -0.15) is 0 Å². The Morgan fingerprint density at radius 3 is 2.61 bits per heavy atom. The first kappa shape index (κ1) is 18.2. The van der Waals surface area contributed by atoms with Crippen molar-refractivity contribution < 1.29 is 9.18 Å². The van der Waals surface area contributed by atoms with E-state index in [-0.39, 0.29) is 17.6 Å². The van der Waals surface area contributed by atoms with Crippen LogP contribution in [0.5, 0.6) is 0 Å². The van der Waals surface area contributed by atoms with E-state index in [2.05, 4.69) is 27.4 Å². The summed E-state index contributed by atoms with van der Waals surface area (Å²) in [6, 6.07) is 14.0. The monoisotopic (exact) mass is 378 g/mol. The molecule has 1 saturated heterocycles. The zero-order valence-electron chi connectivity index (χ0n) is 15.6. The third-order valence-electron chi connectivity index (χ3n) is 5.21. The van der Waals surface area contributed by atoms with Gasteiger partial charge in [-0.1, -0.05) is 18.2 Å². The van der Waals surface area contributed by atoms with E-state index in [1.807, 2.05) is 24.3 Å². The number of hydrogen-bond acceptors (Lipinski definition) is 3. The Hall–Kier alpha value is -3.15. The molecule has 2 heterocycles. The number of piperidine rings is 1. The van der Waals surface area contributed by atoms with E-state index in [0.717, 1.165) is 42.9 Å². The minimum absolute atomic E-state index is 0.00847. The number of halogens is 1. The van der Waals surface area contributed by atoms with Crippen molar-refractivity contribution in [3.05, 3.63) is 67.0 Å². The summed E-state index contributed by atoms with van der Waals surface area (Å²) in [6.07, 6.45) is 3.38. The molecule has 1 aliphatic rings. The molecule has 0 unspecified atom stereocenters. The molecule has 0 atom stereocenters. The van der Waals surface area contributed by atoms with E-state index in [9.17, 15) is 9.18 Å². The average Bonchev–Trinajstić information content (AvgIpc) is 3.09. The van der Waals surface area contributed by atoms with Gasteiger partial charge in [0.1, 0.15) is 5.82 Å². The summed E-state index contributed by atoms with van der Waals surface area (Å²) >= 11 is 0. The predicted octanol–water partition coefficient (Wildman–Crippen LogP) is 4.22. The number of rotatable bonds is 5. The van der Waals surface area contributed by atoms with Crippen LogP contribution in [0.25, 0.3) is 11.0 Å². The zero-order chi connectivity index (χ0) is 19.5. The number of benzene rings is 2. The smallest absolute Gasteiger partial charge is 0.227 e. The van der Waals surface area contributed by atoms with Crippen LogP contribution in [0.15, 0.2) is 61.2 Å². The summed E-state index contributed by atoms with van der Waals surface area (Å²) in [4.78, 5) is 19.6. The van der Waals surface area contributed by atoms with Crippen molar-refractivity contribution in [2.45, 2.75) is 19.4 Å². The lowest BCUT2D eigenvalue weighted by molar-refractivity contribution is -0.120. The van der Waals surface area contributed by atoms with Crippen LogP contribution in [-0.4, -0.2) is 28.5 Å². The molecule has 0 radical (unpaired) electrons. The normalized spacial score (nSPS) is 15.0. The van der Waals surface area contributed by atoms with Gasteiger partial charge in [0.15, 0.2) is 0 Å². The molecule has 3 aromatic rings. The second kappa shape index (κ2) is 7.84. The number of imidazole rings is 1. The van der Waals surface area contributed by atoms with Crippen LogP contribution < -0.4 is 10.2 Å². The number of amides is 1. The van der Waals surface area contributed by atoms with Gasteiger partial charge < -0.3 is 14.8 Å². The Morgan fingerprint density at radius 1 is 1.18 bits per heavy atom. The summed E-state index contributed by atoms with van der Waals surface area (Å²) < 4.78 is 15.2. The van der Waals surface area contributed by atoms with Crippen LogP contribution in [-0.2, 0) is 11.3 Å². The topological polar surface area (TPSA) is 50.2 Å². The first-order valence-corrected chi connectivity index (χ1v) is 9.53. The average molecular weight is 378 g/mol. The number of nitrogens with zero attached hydrogens (tertiary/aromatic N) is 3. The molecule has 144 valence electrons. The molecule has 1 amide bonds. The number of fused-ring (bicyclic) bond motifs is 1. The number of hydrogen-bond donors (Lipinski definition) is 1. The van der Waals surface area contributed by atoms with Gasteiger partial charge >= 0.3 is 0 Å². The quantitative estimate of drug-likeness (QED) is 0.677. The van der Waals surface area contributed by atoms with Gasteiger partial charge in [0, 0.05) is 31.2 Å². The molecular formula is C22H23FN4O. The maximum atomic E-state index is 13.0. The Kier molecular flexibility index (Phi) is 5.10. The minimum atomic E-state index is -0.311. The molecule has 1 aliphatic heterocycles. The number of carbonyl (C=O) groups is 1. The number of allylic oxidation sites excluding steroid dienone is 1. The lowest BCUT2D eigenvalue weighted by Gasteiger charge is -2.32. The van der Waals surface area contributed by atoms with E-state index < -0.39 is 0 Å². The highest BCUT2D eigenvalue weighted by Crippen LogP contribution is 2.27. The van der Waals surface area contributed by atoms with E-state index in [1.165, 1.54) is 12.1 Å². The molecule has 1 N–H and O–H groups in total. The van der Waals surface area contributed by atoms with E-state index in [1.54, 1.807) is 12.1 Å². The third-order valence-corrected chi connectivity index (χ3v) is 5.21. The summed E-state index contributed by atoms with van der Waals surface area (Å²) in [7, 11) is 0. The first-order chi connectivity index (χ1) is 13.7. The second-order valence-corrected chi connectivity index (χ2v) is 7.06. The van der Waals surface area contributed by atoms with Crippen LogP contribution in [0.1, 0.15) is 12.8 Å². The van der Waals surface area contributed by atoms with E-state index >= 15 is 0 Å². The van der Waals surface area contributed by atoms with Crippen molar-refractivity contribution in [2.24, 2.45) is 5.92 Å². The van der Waals surface area contributed by atoms with Gasteiger partial charge in [0.05, 0.1) is 11.0 Å². The third kappa shape index (κ3) is 3.63. The summed E-state index contributed by atoms with van der Waals surface area (Å²) in [5, 5.41) is 2.89. The van der Waals surface area contributed by atoms with Crippen molar-refractivity contribution in [3.63, 3.8) is 0 Å². The first-order valence-electron chi connectivity index (χ1n) is 9.53. The van der Waals surface area contributed by atoms with Gasteiger partial charge in [-0.15, -0.1) is 6.58 Å². The van der Waals surface area contributed by atoms with Crippen molar-refractivity contribution in [2.75, 3.05) is 23.3 Å². The molecule has 0 saturated carbocycles. The minimum Gasteiger partial charge on any atom is -0.342 e. The zero-order valence-corrected chi connectivity index (χ0v) is 15.6. The SMILES string of the molecule is C=CCn1c(N2CCC(C(=O)Nc3ccc(F)cc3)CC2)nc2ccccc21. The van der Waals surface area contributed by atoms with E-state index in [0.29, 0.717) is 12.2 Å². The number of nitrogens with one attached hydrogen (secondary N) is 1. The highest BCUT2D eigenvalue weighted by Gasteiger charge is 2.27. The van der Waals surface area contributed by atoms with Crippen molar-refractivity contribution in [1.82, 2.24) is 9.55 Å². The van der Waals surface area contributed by atoms with Crippen LogP contribution in [0, 0.1) is 11.7 Å². The van der Waals surface area contributed by atoms with Crippen LogP contribution in [0.3, 0.4) is 0 Å². The number of aromatic nitrogens is 2. The van der Waals surface area contributed by atoms with Gasteiger partial charge in [-0.3, -0.25) is 4.79 Å². The number of anilines is 2. The molecule has 28 heavy (non-hydrogen) atoms. The molecule has 1 aromatic heterocycles. The second-order valence-electron chi connectivity index (χ2n) is 7.06. The molecule has 1 fully saturated rings. The Bertz CT molecular complexity index is 987. The molecule has 6 heteroatoms. The molecule has 2 aromatic carbocycles. The standard InChI is InChI=1S/C22H23FN4O/c1-2-13-27-20-6-4-3-5-19(20)25-22(27)26-14-11-16(12-15-26)21(28)24-18-9-7-17(23)8-10-18/h2-10,16H,1,11-15H2,(H,24,28). The fourth-order valence-corrected chi connectivity index (χ4v) is 3.73. The molecule has 5 nitrogen and oxygen atoms in total. The summed E-state index contributed by atoms with van der Waals surface area (Å²) in [5.41, 5.74) is 2.69. The maximum absolute atomic E-state index is 13.0. The van der Waals surface area contributed by atoms with Gasteiger partial charge in [0.2, 0.25) is 11.9 Å². The summed E-state index contributed by atoms with van der Waals surface area (Å²) in [6.45, 7) is 6.09. The number of para-hydroxylation sites is 2. The van der Waals surface area contributed by atoms with Crippen molar-refractivity contribution >= 4 is 28.6 Å². The Balaban J connectivity index is 1.44. The predicted molar refractivity (Wildman–Crippen MR) is 110 cm³/mol. The Labute approximate surface area is 163 Å². The van der Waals surface area contributed by atoms with Crippen molar-refractivity contribution in [3.8, 4) is 0 Å². The van der Waals surface area contributed by atoms with Gasteiger partial charge in [0.25, 0.3) is 0 Å². The molecule has 0 spiro atoms. The molecule has 0 bridgehead atoms. The molecular weight excluding hydrogens is 355 g/mol. The van der Waals surface area contributed by atoms with Crippen LogP contribution >= 0.6 is 0 Å². The lowest BCUT2D eigenvalue weighted by Crippen LogP contribution is -2.39. The van der Waals surface area contributed by atoms with Crippen molar-refractivity contribution in [1.29, 1.82) is 0 Å². The Morgan fingerprint density at radius 2 is 1.89 bits per heavy atom. The fourth-order valence-electron chi connectivity index (χ4n) is 3.73. The van der Waals surface area contributed by atoms with Crippen LogP contribution in [0.2, 0.25) is 0 Å². The lowest BCUT2D eigenvalue weighted by atomic mass is 9.96. The number of carbonyl (C=O) groups excluding carboxylic acids is 1.